The van der Waals surface area contributed by atoms with Crippen LogP contribution < -0.4 is 9.64 Å². The van der Waals surface area contributed by atoms with E-state index >= 15 is 0 Å². The smallest absolute Gasteiger partial charge is 0.300 e. The minimum atomic E-state index is -0.777. The molecule has 4 rings (SSSR count). The molecule has 1 aliphatic heterocycles. The predicted octanol–water partition coefficient (Wildman–Crippen LogP) is 6.24. The van der Waals surface area contributed by atoms with Crippen molar-refractivity contribution in [1.29, 1.82) is 0 Å². The number of anilines is 1. The topological polar surface area (TPSA) is 66.8 Å². The number of aliphatic hydroxyl groups excluding tert-OH is 1. The van der Waals surface area contributed by atoms with Crippen molar-refractivity contribution in [3.8, 4) is 5.75 Å². The van der Waals surface area contributed by atoms with Crippen LogP contribution in [0.1, 0.15) is 54.6 Å². The fourth-order valence-corrected chi connectivity index (χ4v) is 4.54. The molecule has 0 radical (unpaired) electrons. The second-order valence-electron chi connectivity index (χ2n) is 10.0. The Labute approximate surface area is 206 Å². The van der Waals surface area contributed by atoms with Gasteiger partial charge in [0.2, 0.25) is 0 Å². The molecule has 3 aromatic carbocycles. The maximum absolute atomic E-state index is 13.5. The van der Waals surface area contributed by atoms with Gasteiger partial charge in [0.25, 0.3) is 11.7 Å². The van der Waals surface area contributed by atoms with Crippen LogP contribution in [0.15, 0.2) is 72.3 Å². The number of ketones is 1. The van der Waals surface area contributed by atoms with Crippen LogP contribution in [0.2, 0.25) is 0 Å². The third-order valence-electron chi connectivity index (χ3n) is 6.62. The van der Waals surface area contributed by atoms with Crippen LogP contribution in [0.5, 0.6) is 5.75 Å². The molecule has 35 heavy (non-hydrogen) atoms. The summed E-state index contributed by atoms with van der Waals surface area (Å²) in [6, 6.07) is 19.8. The number of hydrogen-bond acceptors (Lipinski definition) is 4. The molecule has 1 saturated heterocycles. The molecule has 1 atom stereocenters. The van der Waals surface area contributed by atoms with E-state index in [1.807, 2.05) is 56.3 Å². The van der Waals surface area contributed by atoms with Crippen molar-refractivity contribution >= 4 is 23.1 Å². The van der Waals surface area contributed by atoms with Gasteiger partial charge >= 0.3 is 0 Å². The molecule has 1 N–H and O–H groups in total. The van der Waals surface area contributed by atoms with E-state index in [2.05, 4.69) is 20.8 Å². The summed E-state index contributed by atoms with van der Waals surface area (Å²) in [4.78, 5) is 28.4. The number of Topliss-reactive ketones (excluding diaryl/α,β-unsaturated/α-hetero) is 1. The Morgan fingerprint density at radius 1 is 0.914 bits per heavy atom. The Balaban J connectivity index is 2.00. The molecule has 1 heterocycles. The Morgan fingerprint density at radius 2 is 1.63 bits per heavy atom. The molecule has 3 aromatic rings. The van der Waals surface area contributed by atoms with Crippen LogP contribution in [0.4, 0.5) is 5.69 Å². The zero-order valence-electron chi connectivity index (χ0n) is 21.0. The second kappa shape index (κ2) is 9.06. The lowest BCUT2D eigenvalue weighted by Gasteiger charge is -2.27. The molecule has 180 valence electrons. The van der Waals surface area contributed by atoms with Gasteiger partial charge in [0.05, 0.1) is 18.7 Å². The van der Waals surface area contributed by atoms with Gasteiger partial charge in [0.15, 0.2) is 0 Å². The zero-order chi connectivity index (χ0) is 25.5. The van der Waals surface area contributed by atoms with Crippen molar-refractivity contribution < 1.29 is 19.4 Å². The molecular weight excluding hydrogens is 438 g/mol. The molecule has 0 spiro atoms. The van der Waals surface area contributed by atoms with Gasteiger partial charge in [-0.2, -0.15) is 0 Å². The molecule has 5 nitrogen and oxygen atoms in total. The number of carbonyl (C=O) groups excluding carboxylic acids is 2. The highest BCUT2D eigenvalue weighted by Gasteiger charge is 2.47. The molecule has 1 amide bonds. The zero-order valence-corrected chi connectivity index (χ0v) is 21.0. The summed E-state index contributed by atoms with van der Waals surface area (Å²) < 4.78 is 5.36. The Morgan fingerprint density at radius 3 is 2.29 bits per heavy atom. The minimum absolute atomic E-state index is 0.0845. The van der Waals surface area contributed by atoms with Crippen LogP contribution in [0, 0.1) is 13.8 Å². The van der Waals surface area contributed by atoms with Crippen LogP contribution in [0.25, 0.3) is 5.76 Å². The van der Waals surface area contributed by atoms with Crippen LogP contribution in [-0.2, 0) is 15.0 Å². The Kier molecular flexibility index (Phi) is 6.28. The average molecular weight is 470 g/mol. The Hall–Kier alpha value is -3.86. The summed E-state index contributed by atoms with van der Waals surface area (Å²) in [6.07, 6.45) is 0. The normalized spacial score (nSPS) is 17.7. The van der Waals surface area contributed by atoms with Gasteiger partial charge in [0.1, 0.15) is 11.5 Å². The largest absolute Gasteiger partial charge is 0.507 e. The number of carbonyl (C=O) groups is 2. The fourth-order valence-electron chi connectivity index (χ4n) is 4.54. The van der Waals surface area contributed by atoms with Crippen molar-refractivity contribution in [3.63, 3.8) is 0 Å². The molecule has 1 aliphatic rings. The van der Waals surface area contributed by atoms with E-state index in [0.29, 0.717) is 17.0 Å². The third-order valence-corrected chi connectivity index (χ3v) is 6.62. The van der Waals surface area contributed by atoms with E-state index in [1.165, 1.54) is 4.90 Å². The number of aliphatic hydroxyl groups is 1. The van der Waals surface area contributed by atoms with E-state index in [-0.39, 0.29) is 16.7 Å². The number of methoxy groups -OCH3 is 1. The number of benzene rings is 3. The number of nitrogens with zero attached hydrogens (tertiary/aromatic N) is 1. The number of rotatable bonds is 4. The standard InChI is InChI=1S/C30H31NO4/c1-18-10-7-8-13-23(18)26-25(27(32)24-16-20(30(3,4)5)15-14-19(24)2)28(33)29(34)31(26)21-11-9-12-22(17-21)35-6/h7-17,26,32H,1-6H3/b27-25+. The van der Waals surface area contributed by atoms with Crippen LogP contribution in [-0.4, -0.2) is 23.9 Å². The lowest BCUT2D eigenvalue weighted by atomic mass is 9.84. The van der Waals surface area contributed by atoms with Crippen molar-refractivity contribution in [2.24, 2.45) is 0 Å². The van der Waals surface area contributed by atoms with Crippen molar-refractivity contribution in [2.45, 2.75) is 46.1 Å². The highest BCUT2D eigenvalue weighted by Crippen LogP contribution is 2.44. The van der Waals surface area contributed by atoms with E-state index < -0.39 is 17.7 Å². The van der Waals surface area contributed by atoms with Crippen molar-refractivity contribution in [3.05, 3.63) is 100 Å². The number of aryl methyl sites for hydroxylation is 2. The number of ether oxygens (including phenoxy) is 1. The first-order chi connectivity index (χ1) is 16.5. The average Bonchev–Trinajstić information content (AvgIpc) is 3.08. The highest BCUT2D eigenvalue weighted by atomic mass is 16.5. The SMILES string of the molecule is COc1cccc(N2C(=O)C(=O)/C(=C(/O)c3cc(C(C)(C)C)ccc3C)C2c2ccccc2C)c1. The number of hydrogen-bond donors (Lipinski definition) is 1. The van der Waals surface area contributed by atoms with E-state index in [1.54, 1.807) is 31.4 Å². The molecule has 1 fully saturated rings. The summed E-state index contributed by atoms with van der Waals surface area (Å²) >= 11 is 0. The van der Waals surface area contributed by atoms with Gasteiger partial charge in [0, 0.05) is 17.3 Å². The molecule has 0 bridgehead atoms. The number of amides is 1. The van der Waals surface area contributed by atoms with Crippen molar-refractivity contribution in [1.82, 2.24) is 0 Å². The lowest BCUT2D eigenvalue weighted by molar-refractivity contribution is -0.132. The summed E-state index contributed by atoms with van der Waals surface area (Å²) in [6.45, 7) is 10.1. The van der Waals surface area contributed by atoms with Gasteiger partial charge in [-0.3, -0.25) is 14.5 Å². The van der Waals surface area contributed by atoms with E-state index in [0.717, 1.165) is 22.3 Å². The first-order valence-electron chi connectivity index (χ1n) is 11.7. The summed E-state index contributed by atoms with van der Waals surface area (Å²) in [5.41, 5.74) is 4.56. The molecule has 0 saturated carbocycles. The quantitative estimate of drug-likeness (QED) is 0.279. The van der Waals surface area contributed by atoms with Crippen LogP contribution >= 0.6 is 0 Å². The predicted molar refractivity (Wildman–Crippen MR) is 139 cm³/mol. The van der Waals surface area contributed by atoms with E-state index in [4.69, 9.17) is 4.74 Å². The van der Waals surface area contributed by atoms with E-state index in [9.17, 15) is 14.7 Å². The summed E-state index contributed by atoms with van der Waals surface area (Å²) in [5, 5.41) is 11.6. The van der Waals surface area contributed by atoms with Gasteiger partial charge in [-0.15, -0.1) is 0 Å². The maximum Gasteiger partial charge on any atom is 0.300 e. The third kappa shape index (κ3) is 4.34. The lowest BCUT2D eigenvalue weighted by Crippen LogP contribution is -2.29. The molecule has 5 heteroatoms. The monoisotopic (exact) mass is 469 g/mol. The minimum Gasteiger partial charge on any atom is -0.507 e. The molecule has 1 unspecified atom stereocenters. The van der Waals surface area contributed by atoms with Crippen molar-refractivity contribution in [2.75, 3.05) is 12.0 Å². The van der Waals surface area contributed by atoms with Gasteiger partial charge in [-0.1, -0.05) is 63.2 Å². The van der Waals surface area contributed by atoms with Gasteiger partial charge in [-0.25, -0.2) is 0 Å². The van der Waals surface area contributed by atoms with Gasteiger partial charge in [-0.05, 0) is 59.7 Å². The van der Waals surface area contributed by atoms with Gasteiger partial charge < -0.3 is 9.84 Å². The maximum atomic E-state index is 13.5. The first kappa shape index (κ1) is 24.3. The molecule has 0 aromatic heterocycles. The van der Waals surface area contributed by atoms with Crippen LogP contribution in [0.3, 0.4) is 0 Å². The second-order valence-corrected chi connectivity index (χ2v) is 10.0. The molecular formula is C30H31NO4. The highest BCUT2D eigenvalue weighted by molar-refractivity contribution is 6.51. The Bertz CT molecular complexity index is 1350. The molecule has 0 aliphatic carbocycles. The fraction of sp³-hybridized carbons (Fsp3) is 0.267. The summed E-state index contributed by atoms with van der Waals surface area (Å²) in [5.74, 6) is -0.982. The first-order valence-corrected chi connectivity index (χ1v) is 11.7. The summed E-state index contributed by atoms with van der Waals surface area (Å²) in [7, 11) is 1.55.